The van der Waals surface area contributed by atoms with Gasteiger partial charge in [-0.2, -0.15) is 0 Å². The molecule has 1 unspecified atom stereocenters. The van der Waals surface area contributed by atoms with Crippen LogP contribution in [0.3, 0.4) is 0 Å². The lowest BCUT2D eigenvalue weighted by Crippen LogP contribution is -2.51. The average molecular weight is 284 g/mol. The van der Waals surface area contributed by atoms with Gasteiger partial charge in [-0.1, -0.05) is 13.8 Å². The third-order valence-electron chi connectivity index (χ3n) is 2.75. The number of sulfone groups is 1. The highest BCUT2D eigenvalue weighted by molar-refractivity contribution is 7.92. The number of alkyl halides is 1. The minimum Gasteiger partial charge on any atom is -0.351 e. The Morgan fingerprint density at radius 2 is 1.82 bits per heavy atom. The third kappa shape index (κ3) is 4.84. The summed E-state index contributed by atoms with van der Waals surface area (Å²) in [6.45, 7) is 6.84. The Morgan fingerprint density at radius 1 is 1.35 bits per heavy atom. The van der Waals surface area contributed by atoms with Crippen LogP contribution in [-0.4, -0.2) is 37.2 Å². The van der Waals surface area contributed by atoms with E-state index in [2.05, 4.69) is 5.32 Å². The highest BCUT2D eigenvalue weighted by Crippen LogP contribution is 2.16. The van der Waals surface area contributed by atoms with Crippen molar-refractivity contribution < 1.29 is 13.2 Å². The van der Waals surface area contributed by atoms with Crippen molar-refractivity contribution in [2.75, 3.05) is 12.1 Å². The third-order valence-corrected chi connectivity index (χ3v) is 5.16. The van der Waals surface area contributed by atoms with Gasteiger partial charge in [-0.05, 0) is 26.2 Å². The van der Waals surface area contributed by atoms with Gasteiger partial charge in [0.1, 0.15) is 4.75 Å². The van der Waals surface area contributed by atoms with Gasteiger partial charge in [-0.3, -0.25) is 4.79 Å². The number of hydrogen-bond acceptors (Lipinski definition) is 3. The van der Waals surface area contributed by atoms with E-state index >= 15 is 0 Å². The predicted octanol–water partition coefficient (Wildman–Crippen LogP) is 1.58. The van der Waals surface area contributed by atoms with E-state index in [1.807, 2.05) is 13.8 Å². The van der Waals surface area contributed by atoms with Crippen LogP contribution in [0.5, 0.6) is 0 Å². The summed E-state index contributed by atoms with van der Waals surface area (Å²) in [6, 6.07) is -0.190. The Morgan fingerprint density at radius 3 is 2.12 bits per heavy atom. The maximum atomic E-state index is 11.9. The van der Waals surface area contributed by atoms with Gasteiger partial charge in [-0.15, -0.1) is 11.6 Å². The van der Waals surface area contributed by atoms with E-state index < -0.39 is 20.5 Å². The van der Waals surface area contributed by atoms with Gasteiger partial charge in [-0.25, -0.2) is 8.42 Å². The van der Waals surface area contributed by atoms with Crippen molar-refractivity contribution in [3.8, 4) is 0 Å². The SMILES string of the molecule is CC(C)CC(CCl)NC(=O)C(C)(C)S(C)(=O)=O. The molecule has 0 saturated heterocycles. The van der Waals surface area contributed by atoms with Crippen molar-refractivity contribution >= 4 is 27.3 Å². The maximum absolute atomic E-state index is 11.9. The molecule has 1 atom stereocenters. The van der Waals surface area contributed by atoms with E-state index in [0.717, 1.165) is 12.7 Å². The minimum absolute atomic E-state index is 0.190. The second kappa shape index (κ2) is 6.05. The molecule has 102 valence electrons. The van der Waals surface area contributed by atoms with E-state index in [4.69, 9.17) is 11.6 Å². The highest BCUT2D eigenvalue weighted by Gasteiger charge is 2.39. The number of carbonyl (C=O) groups is 1. The molecule has 4 nitrogen and oxygen atoms in total. The first kappa shape index (κ1) is 16.7. The van der Waals surface area contributed by atoms with Crippen molar-refractivity contribution in [2.45, 2.75) is 44.9 Å². The van der Waals surface area contributed by atoms with Crippen molar-refractivity contribution in [3.05, 3.63) is 0 Å². The molecule has 0 saturated carbocycles. The fourth-order valence-electron chi connectivity index (χ4n) is 1.26. The monoisotopic (exact) mass is 283 g/mol. The summed E-state index contributed by atoms with van der Waals surface area (Å²) >= 11 is 5.76. The summed E-state index contributed by atoms with van der Waals surface area (Å²) in [5.41, 5.74) is 0. The lowest BCUT2D eigenvalue weighted by molar-refractivity contribution is -0.123. The van der Waals surface area contributed by atoms with Crippen LogP contribution in [0.1, 0.15) is 34.1 Å². The maximum Gasteiger partial charge on any atom is 0.241 e. The molecule has 17 heavy (non-hydrogen) atoms. The summed E-state index contributed by atoms with van der Waals surface area (Å²) in [6.07, 6.45) is 1.79. The molecule has 0 fully saturated rings. The molecule has 0 spiro atoms. The molecule has 0 radical (unpaired) electrons. The first-order chi connectivity index (χ1) is 7.52. The molecule has 0 bridgehead atoms. The van der Waals surface area contributed by atoms with E-state index in [0.29, 0.717) is 5.92 Å². The standard InChI is InChI=1S/C11H22ClNO3S/c1-8(2)6-9(7-12)13-10(14)11(3,4)17(5,15)16/h8-9H,6-7H2,1-5H3,(H,13,14). The van der Waals surface area contributed by atoms with Crippen LogP contribution in [0.25, 0.3) is 0 Å². The van der Waals surface area contributed by atoms with E-state index in [1.54, 1.807) is 0 Å². The smallest absolute Gasteiger partial charge is 0.241 e. The number of carbonyl (C=O) groups excluding carboxylic acids is 1. The van der Waals surface area contributed by atoms with Gasteiger partial charge in [0, 0.05) is 18.2 Å². The van der Waals surface area contributed by atoms with Crippen LogP contribution in [0.4, 0.5) is 0 Å². The molecule has 1 N–H and O–H groups in total. The summed E-state index contributed by atoms with van der Waals surface area (Å²) in [5.74, 6) is 0.177. The number of amides is 1. The number of nitrogens with one attached hydrogen (secondary N) is 1. The summed E-state index contributed by atoms with van der Waals surface area (Å²) < 4.78 is 21.6. The molecular formula is C11H22ClNO3S. The molecule has 0 aromatic rings. The lowest BCUT2D eigenvalue weighted by atomic mass is 10.0. The molecule has 0 aliphatic rings. The van der Waals surface area contributed by atoms with Crippen LogP contribution in [0, 0.1) is 5.92 Å². The first-order valence-electron chi connectivity index (χ1n) is 5.59. The molecule has 1 amide bonds. The van der Waals surface area contributed by atoms with Gasteiger partial charge in [0.2, 0.25) is 5.91 Å². The topological polar surface area (TPSA) is 63.2 Å². The van der Waals surface area contributed by atoms with E-state index in [-0.39, 0.29) is 11.9 Å². The Hall–Kier alpha value is -0.290. The molecule has 0 heterocycles. The zero-order valence-corrected chi connectivity index (χ0v) is 12.7. The van der Waals surface area contributed by atoms with Crippen molar-refractivity contribution in [1.82, 2.24) is 5.32 Å². The largest absolute Gasteiger partial charge is 0.351 e. The average Bonchev–Trinajstić information content (AvgIpc) is 2.13. The quantitative estimate of drug-likeness (QED) is 0.753. The van der Waals surface area contributed by atoms with Gasteiger partial charge < -0.3 is 5.32 Å². The highest BCUT2D eigenvalue weighted by atomic mass is 35.5. The number of halogens is 1. The summed E-state index contributed by atoms with van der Waals surface area (Å²) in [5, 5.41) is 2.69. The zero-order chi connectivity index (χ0) is 13.9. The van der Waals surface area contributed by atoms with Gasteiger partial charge in [0.25, 0.3) is 0 Å². The fourth-order valence-corrected chi connectivity index (χ4v) is 1.86. The second-order valence-corrected chi connectivity index (χ2v) is 8.11. The fraction of sp³-hybridized carbons (Fsp3) is 0.909. The normalized spacial score (nSPS) is 14.8. The Balaban J connectivity index is 4.74. The molecule has 0 aliphatic heterocycles. The number of hydrogen-bond donors (Lipinski definition) is 1. The second-order valence-electron chi connectivity index (χ2n) is 5.24. The number of rotatable bonds is 6. The molecule has 6 heteroatoms. The van der Waals surface area contributed by atoms with Crippen molar-refractivity contribution in [2.24, 2.45) is 5.92 Å². The van der Waals surface area contributed by atoms with Crippen LogP contribution in [0.2, 0.25) is 0 Å². The van der Waals surface area contributed by atoms with Crippen molar-refractivity contribution in [3.63, 3.8) is 0 Å². The van der Waals surface area contributed by atoms with Gasteiger partial charge >= 0.3 is 0 Å². The Labute approximate surface area is 109 Å². The molecular weight excluding hydrogens is 262 g/mol. The molecule has 0 rings (SSSR count). The van der Waals surface area contributed by atoms with E-state index in [1.165, 1.54) is 13.8 Å². The van der Waals surface area contributed by atoms with Crippen LogP contribution in [-0.2, 0) is 14.6 Å². The Kier molecular flexibility index (Phi) is 5.94. The van der Waals surface area contributed by atoms with Gasteiger partial charge in [0.15, 0.2) is 9.84 Å². The van der Waals surface area contributed by atoms with E-state index in [9.17, 15) is 13.2 Å². The summed E-state index contributed by atoms with van der Waals surface area (Å²) in [4.78, 5) is 11.9. The van der Waals surface area contributed by atoms with Crippen LogP contribution < -0.4 is 5.32 Å². The predicted molar refractivity (Wildman–Crippen MR) is 71.0 cm³/mol. The van der Waals surface area contributed by atoms with Crippen LogP contribution in [0.15, 0.2) is 0 Å². The van der Waals surface area contributed by atoms with Crippen LogP contribution >= 0.6 is 11.6 Å². The first-order valence-corrected chi connectivity index (χ1v) is 8.01. The molecule has 0 aromatic carbocycles. The lowest BCUT2D eigenvalue weighted by Gasteiger charge is -2.25. The zero-order valence-electron chi connectivity index (χ0n) is 11.1. The van der Waals surface area contributed by atoms with Crippen molar-refractivity contribution in [1.29, 1.82) is 0 Å². The summed E-state index contributed by atoms with van der Waals surface area (Å²) in [7, 11) is -3.44. The Bertz CT molecular complexity index is 363. The molecule has 0 aliphatic carbocycles. The molecule has 0 aromatic heterocycles. The van der Waals surface area contributed by atoms with Gasteiger partial charge in [0.05, 0.1) is 0 Å². The minimum atomic E-state index is -3.44.